The quantitative estimate of drug-likeness (QED) is 0.855. The predicted molar refractivity (Wildman–Crippen MR) is 80.0 cm³/mol. The zero-order valence-electron chi connectivity index (χ0n) is 11.3. The molecule has 1 heterocycles. The molecule has 5 nitrogen and oxygen atoms in total. The maximum Gasteiger partial charge on any atom is 0.414 e. The molecule has 0 unspecified atom stereocenters. The van der Waals surface area contributed by atoms with Gasteiger partial charge in [-0.2, -0.15) is 0 Å². The molecule has 1 amide bonds. The molecule has 0 atom stereocenters. The van der Waals surface area contributed by atoms with Gasteiger partial charge in [0.2, 0.25) is 5.88 Å². The number of ether oxygens (including phenoxy) is 1. The first-order valence-electron chi connectivity index (χ1n) is 5.98. The van der Waals surface area contributed by atoms with E-state index in [-0.39, 0.29) is 11.3 Å². The Bertz CT molecular complexity index is 715. The van der Waals surface area contributed by atoms with Crippen LogP contribution in [-0.4, -0.2) is 11.7 Å². The molecule has 20 heavy (non-hydrogen) atoms. The lowest BCUT2D eigenvalue weighted by Gasteiger charge is -2.19. The number of hydrogen-bond acceptors (Lipinski definition) is 4. The number of halogens is 1. The molecule has 0 saturated heterocycles. The molecule has 2 rings (SSSR count). The lowest BCUT2D eigenvalue weighted by atomic mass is 10.2. The van der Waals surface area contributed by atoms with E-state index < -0.39 is 11.7 Å². The van der Waals surface area contributed by atoms with Gasteiger partial charge >= 0.3 is 6.09 Å². The van der Waals surface area contributed by atoms with Gasteiger partial charge in [-0.1, -0.05) is 15.9 Å². The average Bonchev–Trinajstić information content (AvgIpc) is 2.27. The van der Waals surface area contributed by atoms with E-state index in [1.807, 2.05) is 0 Å². The zero-order valence-corrected chi connectivity index (χ0v) is 12.9. The molecule has 106 valence electrons. The minimum atomic E-state index is -0.669. The van der Waals surface area contributed by atoms with Gasteiger partial charge < -0.3 is 9.15 Å². The number of carbonyl (C=O) groups excluding carboxylic acids is 1. The smallest absolute Gasteiger partial charge is 0.414 e. The Morgan fingerprint density at radius 2 is 2.00 bits per heavy atom. The van der Waals surface area contributed by atoms with Gasteiger partial charge in [-0.25, -0.2) is 4.79 Å². The fourth-order valence-corrected chi connectivity index (χ4v) is 1.96. The monoisotopic (exact) mass is 339 g/mol. The highest BCUT2D eigenvalue weighted by Gasteiger charge is 2.17. The Labute approximate surface area is 124 Å². The number of hydrogen-bond donors (Lipinski definition) is 1. The van der Waals surface area contributed by atoms with Gasteiger partial charge in [-0.15, -0.1) is 0 Å². The summed E-state index contributed by atoms with van der Waals surface area (Å²) in [4.78, 5) is 23.6. The predicted octanol–water partition coefficient (Wildman–Crippen LogP) is 3.90. The van der Waals surface area contributed by atoms with Crippen LogP contribution in [0.15, 0.2) is 37.9 Å². The van der Waals surface area contributed by atoms with Crippen LogP contribution in [0.2, 0.25) is 0 Å². The minimum Gasteiger partial charge on any atom is -0.444 e. The molecule has 0 aliphatic heterocycles. The highest BCUT2D eigenvalue weighted by Crippen LogP contribution is 2.20. The first-order chi connectivity index (χ1) is 9.24. The van der Waals surface area contributed by atoms with Crippen molar-refractivity contribution in [1.29, 1.82) is 0 Å². The van der Waals surface area contributed by atoms with Gasteiger partial charge in [0.25, 0.3) is 0 Å². The van der Waals surface area contributed by atoms with Crippen LogP contribution in [0.25, 0.3) is 11.0 Å². The van der Waals surface area contributed by atoms with Crippen LogP contribution in [0.3, 0.4) is 0 Å². The summed E-state index contributed by atoms with van der Waals surface area (Å²) in [7, 11) is 0. The third-order valence-electron chi connectivity index (χ3n) is 2.31. The molecule has 0 aliphatic carbocycles. The Morgan fingerprint density at radius 3 is 2.65 bits per heavy atom. The number of benzene rings is 1. The highest BCUT2D eigenvalue weighted by molar-refractivity contribution is 9.10. The Hall–Kier alpha value is -1.82. The third kappa shape index (κ3) is 3.60. The fraction of sp³-hybridized carbons (Fsp3) is 0.286. The normalized spacial score (nSPS) is 11.4. The molecule has 1 aromatic heterocycles. The second-order valence-corrected chi connectivity index (χ2v) is 6.16. The SMILES string of the molecule is CC(C)(C)OC(=O)Nc1cc(=O)c2cc(Br)ccc2o1. The summed E-state index contributed by atoms with van der Waals surface area (Å²) >= 11 is 3.29. The van der Waals surface area contributed by atoms with E-state index in [1.165, 1.54) is 6.07 Å². The molecule has 2 aromatic rings. The summed E-state index contributed by atoms with van der Waals surface area (Å²) < 4.78 is 11.3. The topological polar surface area (TPSA) is 68.5 Å². The van der Waals surface area contributed by atoms with Gasteiger partial charge in [0.05, 0.1) is 5.39 Å². The number of carbonyl (C=O) groups is 1. The van der Waals surface area contributed by atoms with E-state index in [9.17, 15) is 9.59 Å². The fourth-order valence-electron chi connectivity index (χ4n) is 1.59. The van der Waals surface area contributed by atoms with Gasteiger partial charge in [0.1, 0.15) is 11.2 Å². The van der Waals surface area contributed by atoms with Crippen LogP contribution in [0.1, 0.15) is 20.8 Å². The molecule has 0 bridgehead atoms. The average molecular weight is 340 g/mol. The molecule has 1 aromatic carbocycles. The molecular formula is C14H14BrNO4. The summed E-state index contributed by atoms with van der Waals surface area (Å²) in [6.45, 7) is 5.25. The van der Waals surface area contributed by atoms with Gasteiger partial charge in [-0.05, 0) is 39.0 Å². The van der Waals surface area contributed by atoms with E-state index >= 15 is 0 Å². The molecule has 0 aliphatic rings. The van der Waals surface area contributed by atoms with Crippen LogP contribution >= 0.6 is 15.9 Å². The van der Waals surface area contributed by atoms with E-state index in [0.29, 0.717) is 11.0 Å². The largest absolute Gasteiger partial charge is 0.444 e. The second kappa shape index (κ2) is 5.28. The third-order valence-corrected chi connectivity index (χ3v) is 2.81. The van der Waals surface area contributed by atoms with Crippen molar-refractivity contribution in [3.05, 3.63) is 39.0 Å². The molecule has 0 spiro atoms. The summed E-state index contributed by atoms with van der Waals surface area (Å²) in [6, 6.07) is 6.29. The van der Waals surface area contributed by atoms with Crippen molar-refractivity contribution < 1.29 is 13.9 Å². The number of rotatable bonds is 1. The molecule has 1 N–H and O–H groups in total. The number of fused-ring (bicyclic) bond motifs is 1. The Kier molecular flexibility index (Phi) is 3.85. The maximum absolute atomic E-state index is 11.9. The van der Waals surface area contributed by atoms with Crippen LogP contribution in [0.4, 0.5) is 10.7 Å². The number of amides is 1. The number of anilines is 1. The van der Waals surface area contributed by atoms with Crippen molar-refractivity contribution in [2.24, 2.45) is 0 Å². The van der Waals surface area contributed by atoms with Gasteiger partial charge in [0, 0.05) is 10.5 Å². The Morgan fingerprint density at radius 1 is 1.30 bits per heavy atom. The van der Waals surface area contributed by atoms with Crippen molar-refractivity contribution in [1.82, 2.24) is 0 Å². The Balaban J connectivity index is 2.31. The van der Waals surface area contributed by atoms with E-state index in [0.717, 1.165) is 4.47 Å². The van der Waals surface area contributed by atoms with E-state index in [1.54, 1.807) is 39.0 Å². The van der Waals surface area contributed by atoms with Gasteiger partial charge in [0.15, 0.2) is 5.43 Å². The van der Waals surface area contributed by atoms with E-state index in [2.05, 4.69) is 21.2 Å². The van der Waals surface area contributed by atoms with Crippen molar-refractivity contribution in [3.8, 4) is 0 Å². The van der Waals surface area contributed by atoms with Crippen molar-refractivity contribution in [2.45, 2.75) is 26.4 Å². The first-order valence-corrected chi connectivity index (χ1v) is 6.77. The summed E-state index contributed by atoms with van der Waals surface area (Å²) in [6.07, 6.45) is -0.669. The van der Waals surface area contributed by atoms with Gasteiger partial charge in [-0.3, -0.25) is 10.1 Å². The molecular weight excluding hydrogens is 326 g/mol. The van der Waals surface area contributed by atoms with E-state index in [4.69, 9.17) is 9.15 Å². The lowest BCUT2D eigenvalue weighted by Crippen LogP contribution is -2.27. The van der Waals surface area contributed by atoms with Crippen molar-refractivity contribution in [2.75, 3.05) is 5.32 Å². The first kappa shape index (κ1) is 14.6. The summed E-state index contributed by atoms with van der Waals surface area (Å²) in [5.41, 5.74) is -0.461. The molecule has 0 fully saturated rings. The van der Waals surface area contributed by atoms with Crippen LogP contribution < -0.4 is 10.7 Å². The second-order valence-electron chi connectivity index (χ2n) is 5.24. The minimum absolute atomic E-state index is 0.0547. The molecule has 0 radical (unpaired) electrons. The molecule has 6 heteroatoms. The molecule has 0 saturated carbocycles. The highest BCUT2D eigenvalue weighted by atomic mass is 79.9. The van der Waals surface area contributed by atoms with Crippen LogP contribution in [-0.2, 0) is 4.74 Å². The van der Waals surface area contributed by atoms with Crippen molar-refractivity contribution >= 4 is 38.9 Å². The summed E-state index contributed by atoms with van der Waals surface area (Å²) in [5, 5.41) is 2.85. The lowest BCUT2D eigenvalue weighted by molar-refractivity contribution is 0.0632. The summed E-state index contributed by atoms with van der Waals surface area (Å²) in [5.74, 6) is 0.0547. The van der Waals surface area contributed by atoms with Crippen LogP contribution in [0.5, 0.6) is 0 Å². The maximum atomic E-state index is 11.9. The van der Waals surface area contributed by atoms with Crippen molar-refractivity contribution in [3.63, 3.8) is 0 Å². The number of nitrogens with one attached hydrogen (secondary N) is 1. The van der Waals surface area contributed by atoms with Crippen LogP contribution in [0, 0.1) is 0 Å². The standard InChI is InChI=1S/C14H14BrNO4/c1-14(2,3)20-13(18)16-12-7-10(17)9-6-8(15)4-5-11(9)19-12/h4-7H,1-3H3,(H,16,18). The zero-order chi connectivity index (χ0) is 14.9.